The number of β-amino-alcohol motifs (C(OH)–C–C–N with tert-alkyl or cyclic N) is 1. The summed E-state index contributed by atoms with van der Waals surface area (Å²) in [5.74, 6) is 1.68. The molecule has 2 rings (SSSR count). The minimum absolute atomic E-state index is 0.466. The Hall–Kier alpha value is -0.120. The van der Waals surface area contributed by atoms with Gasteiger partial charge in [-0.05, 0) is 64.5 Å². The van der Waals surface area contributed by atoms with Gasteiger partial charge in [0, 0.05) is 19.1 Å². The summed E-state index contributed by atoms with van der Waals surface area (Å²) in [5.41, 5.74) is -0.466. The van der Waals surface area contributed by atoms with Crippen molar-refractivity contribution in [1.82, 2.24) is 10.2 Å². The van der Waals surface area contributed by atoms with Crippen LogP contribution < -0.4 is 5.32 Å². The van der Waals surface area contributed by atoms with Gasteiger partial charge in [0.1, 0.15) is 0 Å². The van der Waals surface area contributed by atoms with Crippen molar-refractivity contribution < 1.29 is 5.11 Å². The summed E-state index contributed by atoms with van der Waals surface area (Å²) >= 11 is 0. The molecular weight excluding hydrogens is 236 g/mol. The SMILES string of the molecule is CCC1CCC(NC)C(CN2CCCC(C)(O)C2)C1. The summed E-state index contributed by atoms with van der Waals surface area (Å²) in [6.45, 7) is 7.51. The van der Waals surface area contributed by atoms with E-state index in [0.717, 1.165) is 37.8 Å². The number of nitrogens with one attached hydrogen (secondary N) is 1. The van der Waals surface area contributed by atoms with Crippen molar-refractivity contribution >= 4 is 0 Å². The number of hydrogen-bond donors (Lipinski definition) is 2. The van der Waals surface area contributed by atoms with Crippen molar-refractivity contribution in [2.75, 3.05) is 26.7 Å². The summed E-state index contributed by atoms with van der Waals surface area (Å²) in [5, 5.41) is 13.8. The van der Waals surface area contributed by atoms with Crippen LogP contribution in [0, 0.1) is 11.8 Å². The molecule has 0 radical (unpaired) electrons. The molecule has 1 heterocycles. The van der Waals surface area contributed by atoms with Crippen molar-refractivity contribution in [2.45, 2.75) is 64.0 Å². The predicted octanol–water partition coefficient (Wildman–Crippen LogP) is 2.25. The molecule has 0 spiro atoms. The molecule has 4 unspecified atom stereocenters. The van der Waals surface area contributed by atoms with Crippen LogP contribution in [0.4, 0.5) is 0 Å². The summed E-state index contributed by atoms with van der Waals surface area (Å²) in [6, 6.07) is 0.676. The number of likely N-dealkylation sites (tertiary alicyclic amines) is 1. The van der Waals surface area contributed by atoms with Gasteiger partial charge in [0.25, 0.3) is 0 Å². The molecular formula is C16H32N2O. The van der Waals surface area contributed by atoms with Gasteiger partial charge in [0.2, 0.25) is 0 Å². The first-order valence-corrected chi connectivity index (χ1v) is 8.16. The van der Waals surface area contributed by atoms with Gasteiger partial charge >= 0.3 is 0 Å². The summed E-state index contributed by atoms with van der Waals surface area (Å²) in [7, 11) is 2.11. The van der Waals surface area contributed by atoms with Crippen LogP contribution in [0.3, 0.4) is 0 Å². The van der Waals surface area contributed by atoms with Crippen LogP contribution in [0.1, 0.15) is 52.4 Å². The van der Waals surface area contributed by atoms with Crippen molar-refractivity contribution in [2.24, 2.45) is 11.8 Å². The maximum absolute atomic E-state index is 10.2. The van der Waals surface area contributed by atoms with Crippen LogP contribution >= 0.6 is 0 Å². The molecule has 19 heavy (non-hydrogen) atoms. The third-order valence-electron chi connectivity index (χ3n) is 5.29. The van der Waals surface area contributed by atoms with Gasteiger partial charge in [0.15, 0.2) is 0 Å². The van der Waals surface area contributed by atoms with E-state index in [1.54, 1.807) is 0 Å². The molecule has 1 aliphatic heterocycles. The largest absolute Gasteiger partial charge is 0.389 e. The Balaban J connectivity index is 1.91. The summed E-state index contributed by atoms with van der Waals surface area (Å²) in [6.07, 6.45) is 7.49. The first-order valence-electron chi connectivity index (χ1n) is 8.16. The van der Waals surface area contributed by atoms with Crippen LogP contribution in [0.25, 0.3) is 0 Å². The van der Waals surface area contributed by atoms with Gasteiger partial charge in [-0.15, -0.1) is 0 Å². The second kappa shape index (κ2) is 6.55. The molecule has 2 aliphatic rings. The molecule has 112 valence electrons. The molecule has 0 aromatic heterocycles. The highest BCUT2D eigenvalue weighted by atomic mass is 16.3. The van der Waals surface area contributed by atoms with Crippen LogP contribution in [-0.2, 0) is 0 Å². The lowest BCUT2D eigenvalue weighted by Gasteiger charge is -2.42. The van der Waals surface area contributed by atoms with E-state index in [2.05, 4.69) is 24.2 Å². The van der Waals surface area contributed by atoms with Crippen molar-refractivity contribution in [3.05, 3.63) is 0 Å². The maximum Gasteiger partial charge on any atom is 0.0746 e. The molecule has 1 saturated carbocycles. The van der Waals surface area contributed by atoms with E-state index in [1.165, 1.54) is 32.2 Å². The van der Waals surface area contributed by atoms with Crippen molar-refractivity contribution in [1.29, 1.82) is 0 Å². The minimum atomic E-state index is -0.466. The number of rotatable bonds is 4. The van der Waals surface area contributed by atoms with E-state index in [0.29, 0.717) is 6.04 Å². The van der Waals surface area contributed by atoms with E-state index >= 15 is 0 Å². The topological polar surface area (TPSA) is 35.5 Å². The number of aliphatic hydroxyl groups is 1. The molecule has 2 N–H and O–H groups in total. The number of hydrogen-bond acceptors (Lipinski definition) is 3. The molecule has 3 nitrogen and oxygen atoms in total. The Morgan fingerprint density at radius 2 is 2.16 bits per heavy atom. The molecule has 0 aromatic carbocycles. The highest BCUT2D eigenvalue weighted by Gasteiger charge is 2.33. The minimum Gasteiger partial charge on any atom is -0.389 e. The van der Waals surface area contributed by atoms with Crippen LogP contribution in [0.15, 0.2) is 0 Å². The average Bonchev–Trinajstić information content (AvgIpc) is 2.37. The molecule has 4 atom stereocenters. The molecule has 0 amide bonds. The highest BCUT2D eigenvalue weighted by molar-refractivity contribution is 4.89. The highest BCUT2D eigenvalue weighted by Crippen LogP contribution is 2.33. The van der Waals surface area contributed by atoms with Gasteiger partial charge in [-0.2, -0.15) is 0 Å². The van der Waals surface area contributed by atoms with Crippen LogP contribution in [0.2, 0.25) is 0 Å². The van der Waals surface area contributed by atoms with E-state index in [9.17, 15) is 5.11 Å². The maximum atomic E-state index is 10.2. The summed E-state index contributed by atoms with van der Waals surface area (Å²) < 4.78 is 0. The van der Waals surface area contributed by atoms with E-state index in [1.807, 2.05) is 6.92 Å². The first kappa shape index (κ1) is 15.3. The number of piperidine rings is 1. The smallest absolute Gasteiger partial charge is 0.0746 e. The lowest BCUT2D eigenvalue weighted by molar-refractivity contribution is -0.0244. The average molecular weight is 268 g/mol. The Kier molecular flexibility index (Phi) is 5.27. The van der Waals surface area contributed by atoms with Gasteiger partial charge < -0.3 is 15.3 Å². The van der Waals surface area contributed by atoms with E-state index in [-0.39, 0.29) is 0 Å². The van der Waals surface area contributed by atoms with Gasteiger partial charge in [-0.1, -0.05) is 13.3 Å². The zero-order valence-corrected chi connectivity index (χ0v) is 13.0. The Morgan fingerprint density at radius 3 is 2.79 bits per heavy atom. The molecule has 1 saturated heterocycles. The van der Waals surface area contributed by atoms with E-state index < -0.39 is 5.60 Å². The monoisotopic (exact) mass is 268 g/mol. The molecule has 0 bridgehead atoms. The Labute approximate surface area is 118 Å². The quantitative estimate of drug-likeness (QED) is 0.821. The van der Waals surface area contributed by atoms with E-state index in [4.69, 9.17) is 0 Å². The van der Waals surface area contributed by atoms with Crippen molar-refractivity contribution in [3.63, 3.8) is 0 Å². The normalized spacial score (nSPS) is 41.4. The van der Waals surface area contributed by atoms with Gasteiger partial charge in [-0.3, -0.25) is 0 Å². The van der Waals surface area contributed by atoms with Crippen LogP contribution in [0.5, 0.6) is 0 Å². The third kappa shape index (κ3) is 4.17. The first-order chi connectivity index (χ1) is 9.04. The molecule has 0 aromatic rings. The fourth-order valence-electron chi connectivity index (χ4n) is 4.12. The number of nitrogens with zero attached hydrogens (tertiary/aromatic N) is 1. The standard InChI is InChI=1S/C16H32N2O/c1-4-13-6-7-15(17-3)14(10-13)11-18-9-5-8-16(2,19)12-18/h13-15,17,19H,4-12H2,1-3H3. The fraction of sp³-hybridized carbons (Fsp3) is 1.00. The zero-order chi connectivity index (χ0) is 13.9. The fourth-order valence-corrected chi connectivity index (χ4v) is 4.12. The molecule has 1 aliphatic carbocycles. The van der Waals surface area contributed by atoms with Crippen molar-refractivity contribution in [3.8, 4) is 0 Å². The Morgan fingerprint density at radius 1 is 1.37 bits per heavy atom. The van der Waals surface area contributed by atoms with Gasteiger partial charge in [0.05, 0.1) is 5.60 Å². The molecule has 3 heteroatoms. The second-order valence-electron chi connectivity index (χ2n) is 7.08. The van der Waals surface area contributed by atoms with Gasteiger partial charge in [-0.25, -0.2) is 0 Å². The Bertz CT molecular complexity index is 280. The second-order valence-corrected chi connectivity index (χ2v) is 7.08. The zero-order valence-electron chi connectivity index (χ0n) is 13.0. The lowest BCUT2D eigenvalue weighted by atomic mass is 9.76. The molecule has 2 fully saturated rings. The lowest BCUT2D eigenvalue weighted by Crippen LogP contribution is -2.51. The summed E-state index contributed by atoms with van der Waals surface area (Å²) in [4.78, 5) is 2.50. The third-order valence-corrected chi connectivity index (χ3v) is 5.29. The predicted molar refractivity (Wildman–Crippen MR) is 80.3 cm³/mol. The van der Waals surface area contributed by atoms with Crippen LogP contribution in [-0.4, -0.2) is 48.3 Å².